The number of carbonyl (C=O) groups excluding carboxylic acids is 1. The van der Waals surface area contributed by atoms with Gasteiger partial charge in [0, 0.05) is 41.1 Å². The van der Waals surface area contributed by atoms with Gasteiger partial charge in [0.15, 0.2) is 0 Å². The Morgan fingerprint density at radius 1 is 1.00 bits per heavy atom. The maximum absolute atomic E-state index is 13.0. The lowest BCUT2D eigenvalue weighted by Crippen LogP contribution is -2.29. The highest BCUT2D eigenvalue weighted by Gasteiger charge is 2.19. The highest BCUT2D eigenvalue weighted by atomic mass is 16.1. The SMILES string of the molecule is CC(C)Nc1cncc(-c2ccc3cnc(NC(=O)c4cccc(C5CCN(C)CC5)c4)nc3c2)c1. The molecule has 1 fully saturated rings. The van der Waals surface area contributed by atoms with Crippen LogP contribution in [-0.4, -0.2) is 51.9 Å². The fourth-order valence-electron chi connectivity index (χ4n) is 4.72. The molecule has 4 aromatic rings. The second kappa shape index (κ2) is 10.4. The minimum absolute atomic E-state index is 0.197. The lowest BCUT2D eigenvalue weighted by atomic mass is 9.89. The molecule has 5 rings (SSSR count). The lowest BCUT2D eigenvalue weighted by Gasteiger charge is -2.29. The van der Waals surface area contributed by atoms with Gasteiger partial charge in [-0.05, 0) is 88.1 Å². The van der Waals surface area contributed by atoms with E-state index in [-0.39, 0.29) is 5.91 Å². The molecule has 7 heteroatoms. The monoisotopic (exact) mass is 480 g/mol. The molecule has 3 heterocycles. The van der Waals surface area contributed by atoms with Crippen LogP contribution >= 0.6 is 0 Å². The number of nitrogens with one attached hydrogen (secondary N) is 2. The number of hydrogen-bond donors (Lipinski definition) is 2. The number of aromatic nitrogens is 3. The Morgan fingerprint density at radius 3 is 2.64 bits per heavy atom. The average molecular weight is 481 g/mol. The van der Waals surface area contributed by atoms with Crippen molar-refractivity contribution >= 4 is 28.4 Å². The molecule has 0 bridgehead atoms. The highest BCUT2D eigenvalue weighted by Crippen LogP contribution is 2.28. The molecule has 2 aromatic carbocycles. The minimum atomic E-state index is -0.197. The topological polar surface area (TPSA) is 83.0 Å². The number of nitrogens with zero attached hydrogens (tertiary/aromatic N) is 4. The number of anilines is 2. The summed E-state index contributed by atoms with van der Waals surface area (Å²) in [5, 5.41) is 7.18. The van der Waals surface area contributed by atoms with Crippen molar-refractivity contribution < 1.29 is 4.79 Å². The zero-order chi connectivity index (χ0) is 25.1. The molecule has 0 unspecified atom stereocenters. The summed E-state index contributed by atoms with van der Waals surface area (Å²) in [5.41, 5.74) is 5.59. The van der Waals surface area contributed by atoms with Crippen LogP contribution < -0.4 is 10.6 Å². The van der Waals surface area contributed by atoms with Gasteiger partial charge >= 0.3 is 0 Å². The second-order valence-corrected chi connectivity index (χ2v) is 9.89. The summed E-state index contributed by atoms with van der Waals surface area (Å²) in [7, 11) is 2.16. The van der Waals surface area contributed by atoms with Crippen LogP contribution in [0.5, 0.6) is 0 Å². The van der Waals surface area contributed by atoms with E-state index in [0.29, 0.717) is 23.5 Å². The number of hydrogen-bond acceptors (Lipinski definition) is 6. The van der Waals surface area contributed by atoms with Crippen LogP contribution in [-0.2, 0) is 0 Å². The summed E-state index contributed by atoms with van der Waals surface area (Å²) in [6.07, 6.45) is 7.63. The van der Waals surface area contributed by atoms with Gasteiger partial charge in [-0.25, -0.2) is 9.97 Å². The van der Waals surface area contributed by atoms with Crippen molar-refractivity contribution in [1.29, 1.82) is 0 Å². The Kier molecular flexibility index (Phi) is 6.91. The van der Waals surface area contributed by atoms with E-state index in [1.54, 1.807) is 6.20 Å². The van der Waals surface area contributed by atoms with Crippen molar-refractivity contribution in [2.45, 2.75) is 38.6 Å². The third-order valence-electron chi connectivity index (χ3n) is 6.67. The first kappa shape index (κ1) is 23.9. The quantitative estimate of drug-likeness (QED) is 0.375. The molecular formula is C29H32N6O. The first-order valence-corrected chi connectivity index (χ1v) is 12.5. The van der Waals surface area contributed by atoms with E-state index >= 15 is 0 Å². The third kappa shape index (κ3) is 5.52. The van der Waals surface area contributed by atoms with Gasteiger partial charge in [-0.2, -0.15) is 0 Å². The summed E-state index contributed by atoms with van der Waals surface area (Å²) < 4.78 is 0. The number of rotatable bonds is 6. The number of benzene rings is 2. The maximum Gasteiger partial charge on any atom is 0.258 e. The van der Waals surface area contributed by atoms with Crippen molar-refractivity contribution in [2.75, 3.05) is 30.8 Å². The molecule has 1 aliphatic heterocycles. The summed E-state index contributed by atoms with van der Waals surface area (Å²) in [6, 6.07) is 16.4. The van der Waals surface area contributed by atoms with Crippen LogP contribution in [0, 0.1) is 0 Å². The zero-order valence-corrected chi connectivity index (χ0v) is 21.0. The molecule has 184 valence electrons. The first-order valence-electron chi connectivity index (χ1n) is 12.5. The Labute approximate surface area is 212 Å². The molecule has 2 aromatic heterocycles. The smallest absolute Gasteiger partial charge is 0.258 e. The van der Waals surface area contributed by atoms with Crippen LogP contribution in [0.25, 0.3) is 22.0 Å². The van der Waals surface area contributed by atoms with Crippen molar-refractivity contribution in [1.82, 2.24) is 19.9 Å². The van der Waals surface area contributed by atoms with Gasteiger partial charge in [-0.15, -0.1) is 0 Å². The molecular weight excluding hydrogens is 448 g/mol. The summed E-state index contributed by atoms with van der Waals surface area (Å²) >= 11 is 0. The van der Waals surface area contributed by atoms with E-state index < -0.39 is 0 Å². The van der Waals surface area contributed by atoms with Crippen LogP contribution in [0.2, 0.25) is 0 Å². The normalized spacial score (nSPS) is 14.8. The van der Waals surface area contributed by atoms with E-state index in [4.69, 9.17) is 0 Å². The lowest BCUT2D eigenvalue weighted by molar-refractivity contribution is 0.102. The van der Waals surface area contributed by atoms with Crippen LogP contribution in [0.1, 0.15) is 48.5 Å². The van der Waals surface area contributed by atoms with Crippen molar-refractivity contribution in [2.24, 2.45) is 0 Å². The molecule has 0 spiro atoms. The predicted molar refractivity (Wildman–Crippen MR) is 145 cm³/mol. The van der Waals surface area contributed by atoms with Crippen molar-refractivity contribution in [3.8, 4) is 11.1 Å². The molecule has 1 aliphatic rings. The molecule has 1 amide bonds. The van der Waals surface area contributed by atoms with Gasteiger partial charge in [0.25, 0.3) is 5.91 Å². The standard InChI is InChI=1S/C29H32N6O/c1-19(2)32-26-14-25(16-30-18-26)22-7-8-24-17-31-29(33-27(24)15-22)34-28(36)23-6-4-5-21(13-23)20-9-11-35(3)12-10-20/h4-8,13-20,32H,9-12H2,1-3H3,(H,31,33,34,36). The second-order valence-electron chi connectivity index (χ2n) is 9.89. The van der Waals surface area contributed by atoms with Crippen molar-refractivity contribution in [3.05, 3.63) is 78.2 Å². The fraction of sp³-hybridized carbons (Fsp3) is 0.310. The highest BCUT2D eigenvalue weighted by molar-refractivity contribution is 6.03. The third-order valence-corrected chi connectivity index (χ3v) is 6.67. The first-order chi connectivity index (χ1) is 17.4. The Bertz CT molecular complexity index is 1380. The molecule has 0 radical (unpaired) electrons. The molecule has 0 atom stereocenters. The summed E-state index contributed by atoms with van der Waals surface area (Å²) in [5.74, 6) is 0.590. The van der Waals surface area contributed by atoms with E-state index in [2.05, 4.69) is 63.5 Å². The van der Waals surface area contributed by atoms with Gasteiger partial charge in [0.05, 0.1) is 11.2 Å². The van der Waals surface area contributed by atoms with E-state index in [9.17, 15) is 4.79 Å². The Morgan fingerprint density at radius 2 is 1.83 bits per heavy atom. The molecule has 36 heavy (non-hydrogen) atoms. The number of pyridine rings is 1. The van der Waals surface area contributed by atoms with Gasteiger partial charge in [-0.3, -0.25) is 15.1 Å². The number of amides is 1. The number of fused-ring (bicyclic) bond motifs is 1. The van der Waals surface area contributed by atoms with Gasteiger partial charge in [-0.1, -0.05) is 24.3 Å². The van der Waals surface area contributed by atoms with Crippen molar-refractivity contribution in [3.63, 3.8) is 0 Å². The summed E-state index contributed by atoms with van der Waals surface area (Å²) in [6.45, 7) is 6.37. The van der Waals surface area contributed by atoms with Crippen LogP contribution in [0.4, 0.5) is 11.6 Å². The van der Waals surface area contributed by atoms with Gasteiger partial charge in [0.2, 0.25) is 5.95 Å². The molecule has 2 N–H and O–H groups in total. The predicted octanol–water partition coefficient (Wildman–Crippen LogP) is 5.57. The molecule has 0 aliphatic carbocycles. The average Bonchev–Trinajstić information content (AvgIpc) is 2.88. The van der Waals surface area contributed by atoms with E-state index in [1.165, 1.54) is 5.56 Å². The Hall–Kier alpha value is -3.84. The molecule has 1 saturated heterocycles. The molecule has 0 saturated carbocycles. The maximum atomic E-state index is 13.0. The van der Waals surface area contributed by atoms with E-state index in [0.717, 1.165) is 53.6 Å². The number of likely N-dealkylation sites (tertiary alicyclic amines) is 1. The number of piperidine rings is 1. The van der Waals surface area contributed by atoms with Crippen LogP contribution in [0.3, 0.4) is 0 Å². The fourth-order valence-corrected chi connectivity index (χ4v) is 4.72. The largest absolute Gasteiger partial charge is 0.382 e. The van der Waals surface area contributed by atoms with Crippen LogP contribution in [0.15, 0.2) is 67.1 Å². The van der Waals surface area contributed by atoms with Gasteiger partial charge in [0.1, 0.15) is 0 Å². The zero-order valence-electron chi connectivity index (χ0n) is 21.0. The number of carbonyl (C=O) groups is 1. The Balaban J connectivity index is 1.35. The van der Waals surface area contributed by atoms with Gasteiger partial charge < -0.3 is 10.2 Å². The minimum Gasteiger partial charge on any atom is -0.382 e. The summed E-state index contributed by atoms with van der Waals surface area (Å²) in [4.78, 5) is 28.8. The van der Waals surface area contributed by atoms with E-state index in [1.807, 2.05) is 48.8 Å². The molecule has 7 nitrogen and oxygen atoms in total.